The van der Waals surface area contributed by atoms with Crippen molar-refractivity contribution < 1.29 is 4.74 Å². The summed E-state index contributed by atoms with van der Waals surface area (Å²) in [7, 11) is 1.71. The maximum atomic E-state index is 5.37. The maximum Gasteiger partial charge on any atom is 0.137 e. The van der Waals surface area contributed by atoms with Crippen molar-refractivity contribution in [3.63, 3.8) is 0 Å². The smallest absolute Gasteiger partial charge is 0.137 e. The summed E-state index contributed by atoms with van der Waals surface area (Å²) < 4.78 is 6.40. The van der Waals surface area contributed by atoms with Gasteiger partial charge in [0.15, 0.2) is 0 Å². The summed E-state index contributed by atoms with van der Waals surface area (Å²) in [5.74, 6) is 1.43. The predicted octanol–water partition coefficient (Wildman–Crippen LogP) is 3.59. The van der Waals surface area contributed by atoms with Crippen LogP contribution < -0.4 is 4.74 Å². The minimum atomic E-state index is 0.461. The summed E-state index contributed by atoms with van der Waals surface area (Å²) in [5, 5.41) is 0. The van der Waals surface area contributed by atoms with E-state index in [1.54, 1.807) is 7.11 Å². The minimum Gasteiger partial charge on any atom is -0.495 e. The Labute approximate surface area is 86.5 Å². The molecule has 0 N–H and O–H groups in total. The van der Waals surface area contributed by atoms with E-state index in [0.717, 1.165) is 10.2 Å². The second kappa shape index (κ2) is 3.18. The van der Waals surface area contributed by atoms with Crippen molar-refractivity contribution in [2.75, 3.05) is 7.11 Å². The molecule has 1 aliphatic carbocycles. The van der Waals surface area contributed by atoms with E-state index in [2.05, 4.69) is 41.1 Å². The van der Waals surface area contributed by atoms with Gasteiger partial charge in [-0.2, -0.15) is 0 Å². The van der Waals surface area contributed by atoms with E-state index in [9.17, 15) is 0 Å². The molecule has 0 saturated heterocycles. The number of halogens is 1. The van der Waals surface area contributed by atoms with Crippen LogP contribution in [-0.4, -0.2) is 7.11 Å². The average molecular weight is 239 g/mol. The van der Waals surface area contributed by atoms with Gasteiger partial charge in [0.25, 0.3) is 0 Å². The largest absolute Gasteiger partial charge is 0.495 e. The van der Waals surface area contributed by atoms with Gasteiger partial charge in [0.1, 0.15) is 5.75 Å². The van der Waals surface area contributed by atoms with Gasteiger partial charge in [-0.1, -0.05) is 25.1 Å². The first-order valence-electron chi connectivity index (χ1n) is 4.28. The normalized spacial score (nSPS) is 18.8. The van der Waals surface area contributed by atoms with Crippen LogP contribution in [0.4, 0.5) is 0 Å². The zero-order chi connectivity index (χ0) is 9.42. The standard InChI is InChI=1S/C11H11BrO/c1-7-3-4-8-5-6-9(12)11(13-2)10(7)8/h3-7H,1-2H3. The Balaban J connectivity index is 2.64. The summed E-state index contributed by atoms with van der Waals surface area (Å²) >= 11 is 3.48. The van der Waals surface area contributed by atoms with Crippen molar-refractivity contribution in [1.29, 1.82) is 0 Å². The molecule has 0 aliphatic heterocycles. The van der Waals surface area contributed by atoms with E-state index >= 15 is 0 Å². The molecule has 0 amide bonds. The summed E-state index contributed by atoms with van der Waals surface area (Å²) in [6.45, 7) is 2.18. The molecule has 1 unspecified atom stereocenters. The second-order valence-corrected chi connectivity index (χ2v) is 4.09. The summed E-state index contributed by atoms with van der Waals surface area (Å²) in [6, 6.07) is 4.14. The topological polar surface area (TPSA) is 9.23 Å². The molecule has 0 spiro atoms. The molecule has 0 heterocycles. The Morgan fingerprint density at radius 1 is 1.38 bits per heavy atom. The summed E-state index contributed by atoms with van der Waals surface area (Å²) in [4.78, 5) is 0. The zero-order valence-electron chi connectivity index (χ0n) is 7.67. The first-order valence-corrected chi connectivity index (χ1v) is 5.08. The molecule has 0 saturated carbocycles. The third-order valence-corrected chi connectivity index (χ3v) is 3.03. The van der Waals surface area contributed by atoms with E-state index in [1.807, 2.05) is 6.07 Å². The lowest BCUT2D eigenvalue weighted by Crippen LogP contribution is -1.95. The molecule has 2 heteroatoms. The number of rotatable bonds is 1. The lowest BCUT2D eigenvalue weighted by Gasteiger charge is -2.12. The number of methoxy groups -OCH3 is 1. The molecule has 0 bridgehead atoms. The lowest BCUT2D eigenvalue weighted by molar-refractivity contribution is 0.406. The van der Waals surface area contributed by atoms with Crippen LogP contribution in [0.1, 0.15) is 24.0 Å². The van der Waals surface area contributed by atoms with Crippen LogP contribution in [0.25, 0.3) is 6.08 Å². The molecule has 1 aromatic rings. The van der Waals surface area contributed by atoms with Gasteiger partial charge in [0, 0.05) is 11.5 Å². The first-order chi connectivity index (χ1) is 6.24. The number of fused-ring (bicyclic) bond motifs is 1. The average Bonchev–Trinajstić information content (AvgIpc) is 2.49. The Kier molecular flexibility index (Phi) is 2.16. The third-order valence-electron chi connectivity index (χ3n) is 2.41. The van der Waals surface area contributed by atoms with Crippen molar-refractivity contribution in [2.24, 2.45) is 0 Å². The van der Waals surface area contributed by atoms with E-state index in [-0.39, 0.29) is 0 Å². The fourth-order valence-electron chi connectivity index (χ4n) is 1.75. The Bertz CT molecular complexity index is 369. The quantitative estimate of drug-likeness (QED) is 0.727. The van der Waals surface area contributed by atoms with Gasteiger partial charge in [-0.25, -0.2) is 0 Å². The number of hydrogen-bond acceptors (Lipinski definition) is 1. The molecule has 0 fully saturated rings. The van der Waals surface area contributed by atoms with Crippen LogP contribution in [0.5, 0.6) is 5.75 Å². The van der Waals surface area contributed by atoms with Crippen LogP contribution in [-0.2, 0) is 0 Å². The molecular weight excluding hydrogens is 228 g/mol. The zero-order valence-corrected chi connectivity index (χ0v) is 9.26. The van der Waals surface area contributed by atoms with Crippen LogP contribution in [0, 0.1) is 0 Å². The van der Waals surface area contributed by atoms with Gasteiger partial charge < -0.3 is 4.74 Å². The highest BCUT2D eigenvalue weighted by molar-refractivity contribution is 9.10. The predicted molar refractivity (Wildman–Crippen MR) is 58.1 cm³/mol. The van der Waals surface area contributed by atoms with E-state index in [1.165, 1.54) is 11.1 Å². The van der Waals surface area contributed by atoms with Crippen LogP contribution >= 0.6 is 15.9 Å². The maximum absolute atomic E-state index is 5.37. The van der Waals surface area contributed by atoms with Gasteiger partial charge in [0.05, 0.1) is 11.6 Å². The highest BCUT2D eigenvalue weighted by atomic mass is 79.9. The summed E-state index contributed by atoms with van der Waals surface area (Å²) in [6.07, 6.45) is 4.34. The SMILES string of the molecule is COc1c(Br)ccc2c1C(C)C=C2. The van der Waals surface area contributed by atoms with Gasteiger partial charge in [-0.3, -0.25) is 0 Å². The number of benzene rings is 1. The summed E-state index contributed by atoms with van der Waals surface area (Å²) in [5.41, 5.74) is 2.56. The third kappa shape index (κ3) is 1.29. The number of hydrogen-bond donors (Lipinski definition) is 0. The van der Waals surface area contributed by atoms with Crippen molar-refractivity contribution in [3.8, 4) is 5.75 Å². The minimum absolute atomic E-state index is 0.461. The molecule has 0 aromatic heterocycles. The van der Waals surface area contributed by atoms with Crippen LogP contribution in [0.3, 0.4) is 0 Å². The monoisotopic (exact) mass is 238 g/mol. The van der Waals surface area contributed by atoms with Crippen LogP contribution in [0.15, 0.2) is 22.7 Å². The number of allylic oxidation sites excluding steroid dienone is 1. The fourth-order valence-corrected chi connectivity index (χ4v) is 2.26. The van der Waals surface area contributed by atoms with Gasteiger partial charge >= 0.3 is 0 Å². The van der Waals surface area contributed by atoms with Gasteiger partial charge in [0.2, 0.25) is 0 Å². The molecule has 2 rings (SSSR count). The highest BCUT2D eigenvalue weighted by Gasteiger charge is 2.19. The first kappa shape index (κ1) is 8.82. The Morgan fingerprint density at radius 3 is 2.85 bits per heavy atom. The molecule has 1 aliphatic rings. The van der Waals surface area contributed by atoms with Crippen molar-refractivity contribution in [2.45, 2.75) is 12.8 Å². The van der Waals surface area contributed by atoms with Gasteiger partial charge in [-0.05, 0) is 27.6 Å². The molecule has 1 aromatic carbocycles. The van der Waals surface area contributed by atoms with E-state index in [0.29, 0.717) is 5.92 Å². The molecular formula is C11H11BrO. The van der Waals surface area contributed by atoms with E-state index in [4.69, 9.17) is 4.74 Å². The van der Waals surface area contributed by atoms with Crippen molar-refractivity contribution >= 4 is 22.0 Å². The molecule has 68 valence electrons. The number of ether oxygens (including phenoxy) is 1. The van der Waals surface area contributed by atoms with Crippen LogP contribution in [0.2, 0.25) is 0 Å². The highest BCUT2D eigenvalue weighted by Crippen LogP contribution is 2.40. The molecule has 0 radical (unpaired) electrons. The van der Waals surface area contributed by atoms with Gasteiger partial charge in [-0.15, -0.1) is 0 Å². The second-order valence-electron chi connectivity index (χ2n) is 3.23. The fraction of sp³-hybridized carbons (Fsp3) is 0.273. The van der Waals surface area contributed by atoms with E-state index < -0.39 is 0 Å². The van der Waals surface area contributed by atoms with Crippen molar-refractivity contribution in [3.05, 3.63) is 33.8 Å². The Hall–Kier alpha value is -0.760. The lowest BCUT2D eigenvalue weighted by atomic mass is 10.0. The molecule has 13 heavy (non-hydrogen) atoms. The Morgan fingerprint density at radius 2 is 2.15 bits per heavy atom. The van der Waals surface area contributed by atoms with Crippen molar-refractivity contribution in [1.82, 2.24) is 0 Å². The molecule has 1 nitrogen and oxygen atoms in total. The molecule has 1 atom stereocenters.